The minimum Gasteiger partial charge on any atom is -0.475 e. The van der Waals surface area contributed by atoms with Crippen molar-refractivity contribution in [1.29, 1.82) is 0 Å². The fraction of sp³-hybridized carbons (Fsp3) is 0.366. The van der Waals surface area contributed by atoms with E-state index in [9.17, 15) is 41.4 Å². The lowest BCUT2D eigenvalue weighted by Crippen LogP contribution is -2.42. The summed E-state index contributed by atoms with van der Waals surface area (Å²) in [4.78, 5) is 49.1. The van der Waals surface area contributed by atoms with Crippen LogP contribution in [0.4, 0.5) is 30.6 Å². The molecule has 5 aromatic rings. The van der Waals surface area contributed by atoms with Crippen LogP contribution < -0.4 is 25.6 Å². The van der Waals surface area contributed by atoms with Crippen molar-refractivity contribution in [3.63, 3.8) is 0 Å². The average Bonchev–Trinajstić information content (AvgIpc) is 3.96. The Morgan fingerprint density at radius 2 is 1.53 bits per heavy atom. The van der Waals surface area contributed by atoms with Gasteiger partial charge < -0.3 is 40.7 Å². The number of fused-ring (bicyclic) bond motifs is 1. The Balaban J connectivity index is 0.000000845. The quantitative estimate of drug-likeness (QED) is 0.0893. The van der Waals surface area contributed by atoms with Crippen molar-refractivity contribution in [2.75, 3.05) is 35.2 Å². The smallest absolute Gasteiger partial charge is 0.475 e. The van der Waals surface area contributed by atoms with Crippen LogP contribution in [0.1, 0.15) is 56.2 Å². The number of imidazole rings is 1. The number of alkyl halides is 3. The number of carbonyl (C=O) groups is 3. The van der Waals surface area contributed by atoms with E-state index in [4.69, 9.17) is 24.9 Å². The molecule has 62 heavy (non-hydrogen) atoms. The number of carboxylic acids is 1. The van der Waals surface area contributed by atoms with Gasteiger partial charge in [0.1, 0.15) is 12.2 Å². The molecule has 21 heteroatoms. The molecule has 2 aromatic heterocycles. The zero-order valence-electron chi connectivity index (χ0n) is 33.5. The summed E-state index contributed by atoms with van der Waals surface area (Å²) >= 11 is 0. The summed E-state index contributed by atoms with van der Waals surface area (Å²) in [7, 11) is -3.88. The van der Waals surface area contributed by atoms with Gasteiger partial charge in [0.15, 0.2) is 17.0 Å². The number of nitrogens with zero attached hydrogens (tertiary/aromatic N) is 5. The van der Waals surface area contributed by atoms with Gasteiger partial charge in [0.05, 0.1) is 23.3 Å². The minimum atomic E-state index is -5.08. The first-order valence-electron chi connectivity index (χ1n) is 19.6. The number of anilines is 3. The van der Waals surface area contributed by atoms with E-state index in [1.54, 1.807) is 17.8 Å². The normalized spacial score (nSPS) is 20.1. The summed E-state index contributed by atoms with van der Waals surface area (Å²) in [5, 5.41) is 38.2. The maximum Gasteiger partial charge on any atom is 0.490 e. The number of carbonyl (C=O) groups excluding carboxylic acids is 2. The van der Waals surface area contributed by atoms with Gasteiger partial charge in [-0.2, -0.15) is 23.1 Å². The molecule has 2 fully saturated rings. The minimum absolute atomic E-state index is 0.0365. The number of aliphatic hydroxyl groups excluding tert-OH is 2. The fourth-order valence-corrected chi connectivity index (χ4v) is 8.65. The van der Waals surface area contributed by atoms with E-state index in [1.165, 1.54) is 31.2 Å². The van der Waals surface area contributed by atoms with Gasteiger partial charge >= 0.3 is 12.1 Å². The first-order valence-corrected chi connectivity index (χ1v) is 21.1. The molecule has 1 saturated heterocycles. The van der Waals surface area contributed by atoms with Crippen molar-refractivity contribution in [1.82, 2.24) is 29.6 Å². The summed E-state index contributed by atoms with van der Waals surface area (Å²) < 4.78 is 63.0. The molecule has 1 aliphatic heterocycles. The number of aliphatic carboxylic acids is 1. The van der Waals surface area contributed by atoms with Crippen molar-refractivity contribution < 1.29 is 51.3 Å². The van der Waals surface area contributed by atoms with Crippen molar-refractivity contribution in [3.8, 4) is 0 Å². The topological polar surface area (TPSA) is 241 Å². The highest BCUT2D eigenvalue weighted by molar-refractivity contribution is 7.89. The predicted molar refractivity (Wildman–Crippen MR) is 222 cm³/mol. The monoisotopic (exact) mass is 881 g/mol. The molecule has 1 aliphatic carbocycles. The molecule has 1 saturated carbocycles. The number of benzene rings is 3. The first kappa shape index (κ1) is 45.4. The van der Waals surface area contributed by atoms with Crippen LogP contribution in [-0.4, -0.2) is 111 Å². The average molecular weight is 882 g/mol. The van der Waals surface area contributed by atoms with Gasteiger partial charge in [-0.25, -0.2) is 22.9 Å². The molecule has 7 N–H and O–H groups in total. The lowest BCUT2D eigenvalue weighted by molar-refractivity contribution is -0.192. The second kappa shape index (κ2) is 19.3. The number of aromatic nitrogens is 4. The second-order valence-corrected chi connectivity index (χ2v) is 16.5. The van der Waals surface area contributed by atoms with E-state index in [0.29, 0.717) is 48.1 Å². The molecule has 0 unspecified atom stereocenters. The lowest BCUT2D eigenvalue weighted by Gasteiger charge is -2.22. The largest absolute Gasteiger partial charge is 0.490 e. The predicted octanol–water partition coefficient (Wildman–Crippen LogP) is 3.78. The molecule has 7 rings (SSSR count). The summed E-state index contributed by atoms with van der Waals surface area (Å²) in [6.45, 7) is 4.31. The van der Waals surface area contributed by atoms with Gasteiger partial charge in [-0.1, -0.05) is 67.6 Å². The van der Waals surface area contributed by atoms with Crippen molar-refractivity contribution in [3.05, 3.63) is 102 Å². The molecule has 0 radical (unpaired) electrons. The van der Waals surface area contributed by atoms with Gasteiger partial charge in [-0.05, 0) is 48.2 Å². The van der Waals surface area contributed by atoms with Crippen LogP contribution in [0.3, 0.4) is 0 Å². The van der Waals surface area contributed by atoms with E-state index >= 15 is 0 Å². The molecule has 3 heterocycles. The standard InChI is InChI=1S/C39H45N9O6S.C2HF3O2/c1-3-33(50)43-31-20-32(36(52)35(31)51)48-23-41-34-37(40-21-30(25-10-6-4-7-11-25)26-12-8-5-9-13-26)44-39(45-38(34)48)47-19-18-28(22-47)46-55(53,54)29-16-14-27(15-17-29)42-24(2)49;3-2(4,5)1(6)7/h4-17,23,28,30-32,35-36,46,51-52H,3,18-22H2,1-2H3,(H,42,49)(H,43,50)(H,40,44,45);(H,6,7)/t28-,31+,32-,35-,36+;/m1./s1. The van der Waals surface area contributed by atoms with Crippen molar-refractivity contribution in [2.24, 2.45) is 0 Å². The number of carboxylic acid groups (broad SMARTS) is 1. The first-order chi connectivity index (χ1) is 29.4. The number of halogens is 3. The molecule has 5 atom stereocenters. The molecule has 2 aliphatic rings. The molecule has 3 aromatic carbocycles. The van der Waals surface area contributed by atoms with Gasteiger partial charge in [0.25, 0.3) is 0 Å². The van der Waals surface area contributed by atoms with Gasteiger partial charge in [-0.3, -0.25) is 9.59 Å². The third kappa shape index (κ3) is 10.8. The zero-order valence-corrected chi connectivity index (χ0v) is 34.3. The van der Waals surface area contributed by atoms with E-state index in [-0.39, 0.29) is 42.0 Å². The van der Waals surface area contributed by atoms with Crippen LogP contribution in [0, 0.1) is 0 Å². The van der Waals surface area contributed by atoms with Gasteiger partial charge in [0, 0.05) is 50.6 Å². The molecule has 2 amide bonds. The third-order valence-corrected chi connectivity index (χ3v) is 12.0. The second-order valence-electron chi connectivity index (χ2n) is 14.8. The number of nitrogens with one attached hydrogen (secondary N) is 4. The van der Waals surface area contributed by atoms with E-state index in [2.05, 4.69) is 44.9 Å². The van der Waals surface area contributed by atoms with Crippen LogP contribution in [0.2, 0.25) is 0 Å². The van der Waals surface area contributed by atoms with Crippen molar-refractivity contribution in [2.45, 2.75) is 80.4 Å². The summed E-state index contributed by atoms with van der Waals surface area (Å²) in [6, 6.07) is 24.5. The number of hydrogen-bond acceptors (Lipinski definition) is 12. The fourth-order valence-electron chi connectivity index (χ4n) is 7.39. The lowest BCUT2D eigenvalue weighted by atomic mass is 9.91. The van der Waals surface area contributed by atoms with E-state index in [1.807, 2.05) is 41.3 Å². The van der Waals surface area contributed by atoms with Crippen LogP contribution in [0.5, 0.6) is 0 Å². The van der Waals surface area contributed by atoms with Gasteiger partial charge in [0.2, 0.25) is 27.8 Å². The van der Waals surface area contributed by atoms with Crippen LogP contribution in [0.15, 0.2) is 96.2 Å². The number of sulfonamides is 1. The molecular weight excluding hydrogens is 836 g/mol. The van der Waals surface area contributed by atoms with Crippen molar-refractivity contribution >= 4 is 56.4 Å². The van der Waals surface area contributed by atoms with Crippen LogP contribution in [0.25, 0.3) is 11.2 Å². The summed E-state index contributed by atoms with van der Waals surface area (Å²) in [5.41, 5.74) is 3.60. The van der Waals surface area contributed by atoms with Gasteiger partial charge in [-0.15, -0.1) is 0 Å². The maximum absolute atomic E-state index is 13.4. The Morgan fingerprint density at radius 1 is 0.919 bits per heavy atom. The Labute approximate surface area is 354 Å². The SMILES string of the molecule is CCC(=O)N[C@H]1C[C@@H](n2cnc3c(NCC(c4ccccc4)c4ccccc4)nc(N4CC[C@@H](NS(=O)(=O)c5ccc(NC(C)=O)cc5)C4)nc32)[C@H](O)[C@@H]1O.O=C(O)C(F)(F)F. The Hall–Kier alpha value is -6.16. The van der Waals surface area contributed by atoms with E-state index < -0.39 is 52.5 Å². The molecule has 17 nitrogen and oxygen atoms in total. The number of rotatable bonds is 13. The summed E-state index contributed by atoms with van der Waals surface area (Å²) in [6.07, 6.45) is -4.91. The Kier molecular flexibility index (Phi) is 14.1. The molecule has 0 bridgehead atoms. The number of amides is 2. The number of aliphatic hydroxyl groups is 2. The molecule has 330 valence electrons. The summed E-state index contributed by atoms with van der Waals surface area (Å²) in [5.74, 6) is -2.47. The Bertz CT molecular complexity index is 2420. The molecular formula is C41H46F3N9O8S. The highest BCUT2D eigenvalue weighted by atomic mass is 32.2. The molecule has 0 spiro atoms. The maximum atomic E-state index is 13.4. The third-order valence-electron chi connectivity index (χ3n) is 10.5. The Morgan fingerprint density at radius 3 is 2.10 bits per heavy atom. The van der Waals surface area contributed by atoms with Crippen LogP contribution >= 0.6 is 0 Å². The zero-order chi connectivity index (χ0) is 44.8. The highest BCUT2D eigenvalue weighted by Crippen LogP contribution is 2.36. The van der Waals surface area contributed by atoms with E-state index in [0.717, 1.165) is 11.1 Å². The van der Waals surface area contributed by atoms with Crippen LogP contribution in [-0.2, 0) is 24.4 Å². The highest BCUT2D eigenvalue weighted by Gasteiger charge is 2.44. The number of hydrogen-bond donors (Lipinski definition) is 7.